The predicted octanol–water partition coefficient (Wildman–Crippen LogP) is 4.70. The number of hydrogen-bond acceptors (Lipinski definition) is 2. The van der Waals surface area contributed by atoms with Crippen molar-refractivity contribution in [1.82, 2.24) is 5.32 Å². The molecule has 1 N–H and O–H groups in total. The van der Waals surface area contributed by atoms with Crippen LogP contribution in [0.1, 0.15) is 37.7 Å². The first-order valence-corrected chi connectivity index (χ1v) is 7.32. The van der Waals surface area contributed by atoms with Gasteiger partial charge < -0.3 is 9.73 Å². The summed E-state index contributed by atoms with van der Waals surface area (Å²) in [5.41, 5.74) is 3.39. The van der Waals surface area contributed by atoms with Crippen molar-refractivity contribution in [2.24, 2.45) is 5.92 Å². The summed E-state index contributed by atoms with van der Waals surface area (Å²) in [5, 5.41) is 5.25. The predicted molar refractivity (Wildman–Crippen MR) is 81.9 cm³/mol. The Balaban J connectivity index is 2.59. The summed E-state index contributed by atoms with van der Waals surface area (Å²) >= 11 is 6.27. The molecule has 1 aromatic heterocycles. The van der Waals surface area contributed by atoms with E-state index in [1.54, 1.807) is 0 Å². The van der Waals surface area contributed by atoms with Gasteiger partial charge in [0.05, 0.1) is 11.6 Å². The van der Waals surface area contributed by atoms with Crippen molar-refractivity contribution in [2.75, 3.05) is 6.54 Å². The quantitative estimate of drug-likeness (QED) is 0.858. The van der Waals surface area contributed by atoms with Crippen LogP contribution in [-0.4, -0.2) is 6.54 Å². The maximum Gasteiger partial charge on any atom is 0.153 e. The Labute approximate surface area is 120 Å². The van der Waals surface area contributed by atoms with Crippen LogP contribution in [0.2, 0.25) is 5.02 Å². The Morgan fingerprint density at radius 3 is 2.68 bits per heavy atom. The van der Waals surface area contributed by atoms with Gasteiger partial charge in [-0.05, 0) is 37.4 Å². The standard InChI is InChI=1S/C16H22ClNO/c1-5-18-9-14-12(8-10(2)3)15-11(4)6-7-13(17)16(15)19-14/h6-7,10,18H,5,8-9H2,1-4H3. The van der Waals surface area contributed by atoms with Gasteiger partial charge in [0, 0.05) is 10.9 Å². The summed E-state index contributed by atoms with van der Waals surface area (Å²) in [5.74, 6) is 1.63. The van der Waals surface area contributed by atoms with Gasteiger partial charge in [0.2, 0.25) is 0 Å². The van der Waals surface area contributed by atoms with Crippen molar-refractivity contribution < 1.29 is 4.42 Å². The van der Waals surface area contributed by atoms with Gasteiger partial charge in [0.1, 0.15) is 5.76 Å². The highest BCUT2D eigenvalue weighted by Crippen LogP contribution is 2.35. The fraction of sp³-hybridized carbons (Fsp3) is 0.500. The van der Waals surface area contributed by atoms with Crippen LogP contribution in [0.3, 0.4) is 0 Å². The summed E-state index contributed by atoms with van der Waals surface area (Å²) in [6.07, 6.45) is 1.02. The van der Waals surface area contributed by atoms with Gasteiger partial charge in [0.15, 0.2) is 5.58 Å². The van der Waals surface area contributed by atoms with Crippen molar-refractivity contribution in [1.29, 1.82) is 0 Å². The Kier molecular flexibility index (Phi) is 4.54. The molecule has 2 rings (SSSR count). The third kappa shape index (κ3) is 2.96. The minimum Gasteiger partial charge on any atom is -0.458 e. The van der Waals surface area contributed by atoms with E-state index in [9.17, 15) is 0 Å². The minimum atomic E-state index is 0.597. The number of furan rings is 1. The highest BCUT2D eigenvalue weighted by molar-refractivity contribution is 6.35. The summed E-state index contributed by atoms with van der Waals surface area (Å²) in [4.78, 5) is 0. The zero-order valence-corrected chi connectivity index (χ0v) is 12.9. The Bertz CT molecular complexity index is 572. The third-order valence-electron chi connectivity index (χ3n) is 3.33. The number of nitrogens with one attached hydrogen (secondary N) is 1. The van der Waals surface area contributed by atoms with Crippen LogP contribution in [0.4, 0.5) is 0 Å². The lowest BCUT2D eigenvalue weighted by Crippen LogP contribution is -2.12. The second kappa shape index (κ2) is 5.98. The average Bonchev–Trinajstić information content (AvgIpc) is 2.71. The van der Waals surface area contributed by atoms with Gasteiger partial charge in [-0.15, -0.1) is 0 Å². The molecule has 0 radical (unpaired) electrons. The molecule has 1 heterocycles. The molecule has 0 aliphatic carbocycles. The normalized spacial score (nSPS) is 11.7. The topological polar surface area (TPSA) is 25.2 Å². The van der Waals surface area contributed by atoms with Crippen LogP contribution in [-0.2, 0) is 13.0 Å². The molecule has 0 fully saturated rings. The first-order valence-electron chi connectivity index (χ1n) is 6.94. The number of rotatable bonds is 5. The van der Waals surface area contributed by atoms with E-state index in [1.165, 1.54) is 16.5 Å². The van der Waals surface area contributed by atoms with Crippen molar-refractivity contribution in [3.05, 3.63) is 34.0 Å². The van der Waals surface area contributed by atoms with E-state index in [0.717, 1.165) is 30.9 Å². The van der Waals surface area contributed by atoms with E-state index >= 15 is 0 Å². The first kappa shape index (κ1) is 14.4. The molecule has 19 heavy (non-hydrogen) atoms. The van der Waals surface area contributed by atoms with Crippen molar-refractivity contribution >= 4 is 22.6 Å². The highest BCUT2D eigenvalue weighted by atomic mass is 35.5. The first-order chi connectivity index (χ1) is 9.04. The van der Waals surface area contributed by atoms with E-state index in [0.29, 0.717) is 10.9 Å². The highest BCUT2D eigenvalue weighted by Gasteiger charge is 2.18. The van der Waals surface area contributed by atoms with E-state index in [-0.39, 0.29) is 0 Å². The SMILES string of the molecule is CCNCc1oc2c(Cl)ccc(C)c2c1CC(C)C. The number of hydrogen-bond donors (Lipinski definition) is 1. The Morgan fingerprint density at radius 2 is 2.05 bits per heavy atom. The maximum atomic E-state index is 6.27. The Hall–Kier alpha value is -0.990. The molecule has 0 spiro atoms. The van der Waals surface area contributed by atoms with E-state index < -0.39 is 0 Å². The van der Waals surface area contributed by atoms with Crippen LogP contribution in [0.15, 0.2) is 16.5 Å². The fourth-order valence-corrected chi connectivity index (χ4v) is 2.66. The van der Waals surface area contributed by atoms with Crippen LogP contribution in [0.25, 0.3) is 11.0 Å². The summed E-state index contributed by atoms with van der Waals surface area (Å²) in [6.45, 7) is 10.4. The largest absolute Gasteiger partial charge is 0.458 e. The number of halogens is 1. The van der Waals surface area contributed by atoms with Gasteiger partial charge >= 0.3 is 0 Å². The van der Waals surface area contributed by atoms with Crippen LogP contribution >= 0.6 is 11.6 Å². The number of fused-ring (bicyclic) bond motifs is 1. The second-order valence-corrected chi connectivity index (χ2v) is 5.86. The molecular formula is C16H22ClNO. The van der Waals surface area contributed by atoms with Crippen molar-refractivity contribution in [2.45, 2.75) is 40.7 Å². The van der Waals surface area contributed by atoms with Crippen LogP contribution < -0.4 is 5.32 Å². The molecule has 0 bridgehead atoms. The molecule has 104 valence electrons. The summed E-state index contributed by atoms with van der Waals surface area (Å²) < 4.78 is 6.02. The second-order valence-electron chi connectivity index (χ2n) is 5.45. The molecular weight excluding hydrogens is 258 g/mol. The molecule has 0 aliphatic rings. The lowest BCUT2D eigenvalue weighted by Gasteiger charge is -2.07. The molecule has 0 amide bonds. The summed E-state index contributed by atoms with van der Waals surface area (Å²) in [7, 11) is 0. The Morgan fingerprint density at radius 1 is 1.32 bits per heavy atom. The van der Waals surface area contributed by atoms with E-state index in [4.69, 9.17) is 16.0 Å². The lowest BCUT2D eigenvalue weighted by atomic mass is 9.97. The molecule has 0 unspecified atom stereocenters. The number of aryl methyl sites for hydroxylation is 1. The zero-order chi connectivity index (χ0) is 14.0. The van der Waals surface area contributed by atoms with Crippen molar-refractivity contribution in [3.63, 3.8) is 0 Å². The van der Waals surface area contributed by atoms with E-state index in [2.05, 4.69) is 39.1 Å². The van der Waals surface area contributed by atoms with Gasteiger partial charge in [-0.3, -0.25) is 0 Å². The zero-order valence-electron chi connectivity index (χ0n) is 12.1. The molecule has 2 nitrogen and oxygen atoms in total. The molecule has 0 saturated carbocycles. The van der Waals surface area contributed by atoms with Gasteiger partial charge in [-0.2, -0.15) is 0 Å². The van der Waals surface area contributed by atoms with Gasteiger partial charge in [-0.25, -0.2) is 0 Å². The fourth-order valence-electron chi connectivity index (χ4n) is 2.46. The maximum absolute atomic E-state index is 6.27. The monoisotopic (exact) mass is 279 g/mol. The smallest absolute Gasteiger partial charge is 0.153 e. The molecule has 0 aliphatic heterocycles. The summed E-state index contributed by atoms with van der Waals surface area (Å²) in [6, 6.07) is 3.99. The molecule has 0 saturated heterocycles. The van der Waals surface area contributed by atoms with Crippen LogP contribution in [0.5, 0.6) is 0 Å². The lowest BCUT2D eigenvalue weighted by molar-refractivity contribution is 0.506. The van der Waals surface area contributed by atoms with Crippen molar-refractivity contribution in [3.8, 4) is 0 Å². The number of benzene rings is 1. The molecule has 3 heteroatoms. The van der Waals surface area contributed by atoms with Gasteiger partial charge in [-0.1, -0.05) is 38.4 Å². The molecule has 0 atom stereocenters. The minimum absolute atomic E-state index is 0.597. The van der Waals surface area contributed by atoms with Crippen LogP contribution in [0, 0.1) is 12.8 Å². The van der Waals surface area contributed by atoms with Gasteiger partial charge in [0.25, 0.3) is 0 Å². The third-order valence-corrected chi connectivity index (χ3v) is 3.63. The van der Waals surface area contributed by atoms with E-state index in [1.807, 2.05) is 6.07 Å². The average molecular weight is 280 g/mol. The molecule has 1 aromatic carbocycles. The molecule has 2 aromatic rings.